The van der Waals surface area contributed by atoms with Crippen molar-refractivity contribution in [3.8, 4) is 11.1 Å². The molecule has 0 aliphatic heterocycles. The Labute approximate surface area is 113 Å². The minimum Gasteiger partial charge on any atom is -0.313 e. The van der Waals surface area contributed by atoms with Crippen LogP contribution in [0.5, 0.6) is 0 Å². The number of aromatic nitrogens is 2. The molecule has 0 spiro atoms. The summed E-state index contributed by atoms with van der Waals surface area (Å²) in [5.41, 5.74) is 3.40. The first-order chi connectivity index (χ1) is 8.70. The second kappa shape index (κ2) is 6.03. The van der Waals surface area contributed by atoms with E-state index in [1.807, 2.05) is 31.6 Å². The average Bonchev–Trinajstić information content (AvgIpc) is 2.78. The number of hydrogen-bond acceptors (Lipinski definition) is 2. The van der Waals surface area contributed by atoms with E-state index in [9.17, 15) is 0 Å². The van der Waals surface area contributed by atoms with E-state index in [0.717, 1.165) is 41.2 Å². The minimum atomic E-state index is 0.806. The molecule has 4 heteroatoms. The Morgan fingerprint density at radius 2 is 2.17 bits per heavy atom. The molecule has 1 N–H and O–H groups in total. The zero-order chi connectivity index (χ0) is 13.0. The van der Waals surface area contributed by atoms with E-state index in [4.69, 9.17) is 11.6 Å². The van der Waals surface area contributed by atoms with Gasteiger partial charge in [-0.2, -0.15) is 5.10 Å². The van der Waals surface area contributed by atoms with Crippen LogP contribution in [0.3, 0.4) is 0 Å². The van der Waals surface area contributed by atoms with Gasteiger partial charge in [0.25, 0.3) is 0 Å². The van der Waals surface area contributed by atoms with E-state index < -0.39 is 0 Å². The number of hydrogen-bond donors (Lipinski definition) is 1. The van der Waals surface area contributed by atoms with Crippen molar-refractivity contribution in [2.24, 2.45) is 7.05 Å². The van der Waals surface area contributed by atoms with Crippen molar-refractivity contribution in [1.29, 1.82) is 0 Å². The summed E-state index contributed by atoms with van der Waals surface area (Å²) in [4.78, 5) is 0. The predicted molar refractivity (Wildman–Crippen MR) is 75.7 cm³/mol. The van der Waals surface area contributed by atoms with E-state index >= 15 is 0 Å². The van der Waals surface area contributed by atoms with Gasteiger partial charge in [-0.05, 0) is 36.2 Å². The van der Waals surface area contributed by atoms with E-state index in [0.29, 0.717) is 0 Å². The molecular weight excluding hydrogens is 246 g/mol. The van der Waals surface area contributed by atoms with Crippen LogP contribution >= 0.6 is 11.6 Å². The fourth-order valence-corrected chi connectivity index (χ4v) is 2.04. The lowest BCUT2D eigenvalue weighted by Gasteiger charge is -2.07. The number of halogens is 1. The van der Waals surface area contributed by atoms with E-state index in [1.165, 1.54) is 0 Å². The molecule has 0 aliphatic rings. The van der Waals surface area contributed by atoms with Gasteiger partial charge < -0.3 is 5.32 Å². The second-order valence-corrected chi connectivity index (χ2v) is 4.79. The maximum atomic E-state index is 6.21. The third-order valence-corrected chi connectivity index (χ3v) is 3.19. The molecule has 0 bridgehead atoms. The fourth-order valence-electron chi connectivity index (χ4n) is 1.86. The van der Waals surface area contributed by atoms with Gasteiger partial charge >= 0.3 is 0 Å². The Morgan fingerprint density at radius 3 is 2.83 bits per heavy atom. The number of nitrogens with zero attached hydrogens (tertiary/aromatic N) is 2. The van der Waals surface area contributed by atoms with Gasteiger partial charge in [-0.25, -0.2) is 0 Å². The Morgan fingerprint density at radius 1 is 1.33 bits per heavy atom. The molecule has 0 saturated carbocycles. The molecule has 0 saturated heterocycles. The normalized spacial score (nSPS) is 10.8. The van der Waals surface area contributed by atoms with Crippen molar-refractivity contribution >= 4 is 11.6 Å². The summed E-state index contributed by atoms with van der Waals surface area (Å²) in [6, 6.07) is 6.11. The first kappa shape index (κ1) is 13.1. The summed E-state index contributed by atoms with van der Waals surface area (Å²) >= 11 is 6.21. The third kappa shape index (κ3) is 3.12. The van der Waals surface area contributed by atoms with Gasteiger partial charge in [-0.3, -0.25) is 4.68 Å². The maximum Gasteiger partial charge on any atom is 0.0568 e. The predicted octanol–water partition coefficient (Wildman–Crippen LogP) is 3.24. The largest absolute Gasteiger partial charge is 0.313 e. The molecule has 0 unspecified atom stereocenters. The van der Waals surface area contributed by atoms with Crippen molar-refractivity contribution < 1.29 is 0 Å². The number of benzene rings is 1. The van der Waals surface area contributed by atoms with Gasteiger partial charge in [-0.15, -0.1) is 0 Å². The first-order valence-corrected chi connectivity index (χ1v) is 6.56. The molecular formula is C14H18ClN3. The van der Waals surface area contributed by atoms with Crippen LogP contribution in [-0.4, -0.2) is 16.3 Å². The van der Waals surface area contributed by atoms with Gasteiger partial charge in [0.2, 0.25) is 0 Å². The van der Waals surface area contributed by atoms with E-state index in [-0.39, 0.29) is 0 Å². The van der Waals surface area contributed by atoms with Crippen molar-refractivity contribution in [3.05, 3.63) is 41.2 Å². The molecule has 2 aromatic rings. The molecule has 1 aromatic carbocycles. The van der Waals surface area contributed by atoms with Crippen LogP contribution in [0.25, 0.3) is 11.1 Å². The highest BCUT2D eigenvalue weighted by Gasteiger charge is 2.05. The highest BCUT2D eigenvalue weighted by atomic mass is 35.5. The van der Waals surface area contributed by atoms with Crippen LogP contribution < -0.4 is 5.32 Å². The Bertz CT molecular complexity index is 520. The number of aryl methyl sites for hydroxylation is 1. The summed E-state index contributed by atoms with van der Waals surface area (Å²) < 4.78 is 1.80. The zero-order valence-corrected chi connectivity index (χ0v) is 11.5. The summed E-state index contributed by atoms with van der Waals surface area (Å²) in [7, 11) is 1.92. The van der Waals surface area contributed by atoms with Gasteiger partial charge in [0.1, 0.15) is 0 Å². The lowest BCUT2D eigenvalue weighted by Crippen LogP contribution is -2.14. The lowest BCUT2D eigenvalue weighted by molar-refractivity contribution is 0.676. The SMILES string of the molecule is CCCNCc1cc(-c2cnn(C)c2)ccc1Cl. The van der Waals surface area contributed by atoms with Crippen molar-refractivity contribution in [1.82, 2.24) is 15.1 Å². The standard InChI is InChI=1S/C14H18ClN3/c1-3-6-16-8-12-7-11(4-5-14(12)15)13-9-17-18(2)10-13/h4-5,7,9-10,16H,3,6,8H2,1-2H3. The van der Waals surface area contributed by atoms with Crippen molar-refractivity contribution in [3.63, 3.8) is 0 Å². The van der Waals surface area contributed by atoms with Crippen LogP contribution in [0.1, 0.15) is 18.9 Å². The van der Waals surface area contributed by atoms with Crippen molar-refractivity contribution in [2.75, 3.05) is 6.54 Å². The molecule has 2 rings (SSSR count). The highest BCUT2D eigenvalue weighted by Crippen LogP contribution is 2.24. The van der Waals surface area contributed by atoms with Gasteiger partial charge in [0.15, 0.2) is 0 Å². The van der Waals surface area contributed by atoms with Crippen LogP contribution in [0.15, 0.2) is 30.6 Å². The van der Waals surface area contributed by atoms with Gasteiger partial charge in [-0.1, -0.05) is 24.6 Å². The Kier molecular flexibility index (Phi) is 4.39. The Hall–Kier alpha value is -1.32. The summed E-state index contributed by atoms with van der Waals surface area (Å²) in [6.07, 6.45) is 5.00. The lowest BCUT2D eigenvalue weighted by atomic mass is 10.1. The zero-order valence-electron chi connectivity index (χ0n) is 10.8. The summed E-state index contributed by atoms with van der Waals surface area (Å²) in [5.74, 6) is 0. The van der Waals surface area contributed by atoms with E-state index in [2.05, 4.69) is 23.4 Å². The molecule has 3 nitrogen and oxygen atoms in total. The van der Waals surface area contributed by atoms with Gasteiger partial charge in [0.05, 0.1) is 6.20 Å². The molecule has 1 heterocycles. The molecule has 1 aromatic heterocycles. The molecule has 0 atom stereocenters. The quantitative estimate of drug-likeness (QED) is 0.840. The molecule has 0 amide bonds. The summed E-state index contributed by atoms with van der Waals surface area (Å²) in [5, 5.41) is 8.37. The number of nitrogens with one attached hydrogen (secondary N) is 1. The maximum absolute atomic E-state index is 6.21. The monoisotopic (exact) mass is 263 g/mol. The second-order valence-electron chi connectivity index (χ2n) is 4.39. The molecule has 0 aliphatic carbocycles. The van der Waals surface area contributed by atoms with Crippen molar-refractivity contribution in [2.45, 2.75) is 19.9 Å². The van der Waals surface area contributed by atoms with Crippen LogP contribution in [-0.2, 0) is 13.6 Å². The minimum absolute atomic E-state index is 0.806. The molecule has 18 heavy (non-hydrogen) atoms. The third-order valence-electron chi connectivity index (χ3n) is 2.83. The van der Waals surface area contributed by atoms with Crippen LogP contribution in [0.4, 0.5) is 0 Å². The highest BCUT2D eigenvalue weighted by molar-refractivity contribution is 6.31. The molecule has 0 fully saturated rings. The molecule has 96 valence electrons. The number of rotatable bonds is 5. The molecule has 0 radical (unpaired) electrons. The van der Waals surface area contributed by atoms with Crippen LogP contribution in [0, 0.1) is 0 Å². The Balaban J connectivity index is 2.20. The fraction of sp³-hybridized carbons (Fsp3) is 0.357. The first-order valence-electron chi connectivity index (χ1n) is 6.19. The topological polar surface area (TPSA) is 29.9 Å². The van der Waals surface area contributed by atoms with Gasteiger partial charge in [0, 0.05) is 30.4 Å². The summed E-state index contributed by atoms with van der Waals surface area (Å²) in [6.45, 7) is 3.97. The smallest absolute Gasteiger partial charge is 0.0568 e. The van der Waals surface area contributed by atoms with E-state index in [1.54, 1.807) is 4.68 Å². The van der Waals surface area contributed by atoms with Crippen LogP contribution in [0.2, 0.25) is 5.02 Å². The average molecular weight is 264 g/mol.